The van der Waals surface area contributed by atoms with E-state index in [1.54, 1.807) is 57.0 Å². The van der Waals surface area contributed by atoms with Gasteiger partial charge in [0, 0.05) is 30.1 Å². The fraction of sp³-hybridized carbons (Fsp3) is 0.480. The van der Waals surface area contributed by atoms with Crippen LogP contribution in [-0.2, 0) is 4.74 Å². The van der Waals surface area contributed by atoms with Gasteiger partial charge in [-0.2, -0.15) is 0 Å². The van der Waals surface area contributed by atoms with Gasteiger partial charge in [-0.1, -0.05) is 49.7 Å². The Labute approximate surface area is 208 Å². The molecule has 0 radical (unpaired) electrons. The molecule has 190 valence electrons. The highest BCUT2D eigenvalue weighted by Crippen LogP contribution is 2.25. The van der Waals surface area contributed by atoms with Crippen molar-refractivity contribution in [3.05, 3.63) is 70.3 Å². The molecule has 2 aromatic carbocycles. The van der Waals surface area contributed by atoms with Gasteiger partial charge in [-0.15, -0.1) is 0 Å². The van der Waals surface area contributed by atoms with Crippen LogP contribution >= 0.6 is 11.9 Å². The molecule has 0 bridgehead atoms. The molecule has 0 aliphatic rings. The fourth-order valence-electron chi connectivity index (χ4n) is 2.46. The molecular formula is C25H40N4O4S. The highest BCUT2D eigenvalue weighted by Gasteiger charge is 2.12. The van der Waals surface area contributed by atoms with E-state index in [1.807, 2.05) is 18.2 Å². The maximum atomic E-state index is 10.6. The minimum Gasteiger partial charge on any atom is -0.444 e. The molecule has 0 saturated carbocycles. The Kier molecular flexibility index (Phi) is 15.6. The van der Waals surface area contributed by atoms with Gasteiger partial charge in [0.25, 0.3) is 5.69 Å². The second-order valence-corrected chi connectivity index (χ2v) is 10.1. The Hall–Kier alpha value is -2.62. The zero-order chi connectivity index (χ0) is 26.1. The highest BCUT2D eigenvalue weighted by atomic mass is 32.2. The van der Waals surface area contributed by atoms with Crippen LogP contribution in [0.1, 0.15) is 46.6 Å². The first kappa shape index (κ1) is 31.4. The van der Waals surface area contributed by atoms with Crippen LogP contribution < -0.4 is 11.5 Å². The summed E-state index contributed by atoms with van der Waals surface area (Å²) in [6.45, 7) is 14.3. The quantitative estimate of drug-likeness (QED) is 0.272. The van der Waals surface area contributed by atoms with Crippen LogP contribution in [0.15, 0.2) is 59.5 Å². The van der Waals surface area contributed by atoms with E-state index < -0.39 is 11.7 Å². The first-order chi connectivity index (χ1) is 15.8. The van der Waals surface area contributed by atoms with E-state index in [0.717, 1.165) is 24.4 Å². The zero-order valence-electron chi connectivity index (χ0n) is 21.2. The van der Waals surface area contributed by atoms with Gasteiger partial charge in [0.2, 0.25) is 0 Å². The molecule has 0 fully saturated rings. The summed E-state index contributed by atoms with van der Waals surface area (Å²) >= 11 is 1.63. The number of rotatable bonds is 8. The van der Waals surface area contributed by atoms with Crippen molar-refractivity contribution in [2.24, 2.45) is 17.4 Å². The molecule has 4 N–H and O–H groups in total. The van der Waals surface area contributed by atoms with Gasteiger partial charge in [0.1, 0.15) is 5.60 Å². The van der Waals surface area contributed by atoms with Gasteiger partial charge < -0.3 is 16.2 Å². The average Bonchev–Trinajstić information content (AvgIpc) is 2.71. The molecule has 0 aliphatic heterocycles. The summed E-state index contributed by atoms with van der Waals surface area (Å²) in [5.74, 6) is 0.573. The van der Waals surface area contributed by atoms with Gasteiger partial charge >= 0.3 is 6.09 Å². The lowest BCUT2D eigenvalue weighted by atomic mass is 10.2. The molecule has 0 aromatic heterocycles. The molecule has 34 heavy (non-hydrogen) atoms. The van der Waals surface area contributed by atoms with Crippen LogP contribution in [0, 0.1) is 23.0 Å². The Bertz CT molecular complexity index is 825. The minimum absolute atomic E-state index is 0.127. The van der Waals surface area contributed by atoms with E-state index in [2.05, 4.69) is 41.9 Å². The number of nitrogens with zero attached hydrogens (tertiary/aromatic N) is 2. The van der Waals surface area contributed by atoms with Crippen LogP contribution in [0.4, 0.5) is 10.5 Å². The van der Waals surface area contributed by atoms with Crippen LogP contribution in [0.3, 0.4) is 0 Å². The monoisotopic (exact) mass is 492 g/mol. The van der Waals surface area contributed by atoms with Gasteiger partial charge in [-0.05, 0) is 70.7 Å². The smallest absolute Gasteiger partial charge is 0.405 e. The first-order valence-corrected chi connectivity index (χ1v) is 12.0. The lowest BCUT2D eigenvalue weighted by Crippen LogP contribution is -2.27. The standard InChI is InChI=1S/C13H21N3O2S.C7H8.C5H11NO2/c1-11(2)10-15(9-3-8-14)19-13-6-4-12(5-7-13)16(17)18;1-7-5-3-2-4-6-7;1-5(2,3)8-4(6)7/h4-7,11H,3,8-10,14H2,1-2H3;2-6H,1H3;1-3H3,(H2,6,7). The molecule has 1 amide bonds. The van der Waals surface area contributed by atoms with Crippen molar-refractivity contribution in [1.82, 2.24) is 4.31 Å². The van der Waals surface area contributed by atoms with E-state index in [9.17, 15) is 14.9 Å². The zero-order valence-corrected chi connectivity index (χ0v) is 22.0. The predicted octanol–water partition coefficient (Wildman–Crippen LogP) is 5.78. The van der Waals surface area contributed by atoms with E-state index in [1.165, 1.54) is 5.56 Å². The molecule has 0 unspecified atom stereocenters. The normalized spacial score (nSPS) is 10.6. The molecule has 2 rings (SSSR count). The van der Waals surface area contributed by atoms with Crippen molar-refractivity contribution >= 4 is 23.7 Å². The number of aryl methyl sites for hydroxylation is 1. The third kappa shape index (κ3) is 17.9. The van der Waals surface area contributed by atoms with Crippen molar-refractivity contribution in [2.45, 2.75) is 58.5 Å². The second kappa shape index (κ2) is 16.9. The molecule has 0 atom stereocenters. The summed E-state index contributed by atoms with van der Waals surface area (Å²) in [7, 11) is 0. The molecule has 0 saturated heterocycles. The fourth-order valence-corrected chi connectivity index (χ4v) is 3.61. The Balaban J connectivity index is 0.000000592. The lowest BCUT2D eigenvalue weighted by molar-refractivity contribution is -0.384. The van der Waals surface area contributed by atoms with Crippen LogP contribution in [0.5, 0.6) is 0 Å². The SMILES string of the molecule is CC(C)(C)OC(N)=O.CC(C)CN(CCCN)Sc1ccc([N+](=O)[O-])cc1.Cc1ccccc1. The van der Waals surface area contributed by atoms with E-state index in [-0.39, 0.29) is 10.6 Å². The average molecular weight is 493 g/mol. The summed E-state index contributed by atoms with van der Waals surface area (Å²) in [6.07, 6.45) is 0.227. The topological polar surface area (TPSA) is 125 Å². The number of benzene rings is 2. The van der Waals surface area contributed by atoms with Crippen molar-refractivity contribution in [3.63, 3.8) is 0 Å². The maximum Gasteiger partial charge on any atom is 0.405 e. The van der Waals surface area contributed by atoms with E-state index in [0.29, 0.717) is 12.5 Å². The Morgan fingerprint density at radius 3 is 2.00 bits per heavy atom. The molecular weight excluding hydrogens is 452 g/mol. The summed E-state index contributed by atoms with van der Waals surface area (Å²) < 4.78 is 6.84. The number of nitro groups is 1. The predicted molar refractivity (Wildman–Crippen MR) is 141 cm³/mol. The Morgan fingerprint density at radius 2 is 1.68 bits per heavy atom. The number of primary amides is 1. The number of non-ortho nitro benzene ring substituents is 1. The number of amides is 1. The molecule has 0 heterocycles. The Morgan fingerprint density at radius 1 is 1.12 bits per heavy atom. The molecule has 0 aliphatic carbocycles. The van der Waals surface area contributed by atoms with Crippen LogP contribution in [-0.4, -0.2) is 40.6 Å². The third-order valence-electron chi connectivity index (χ3n) is 3.81. The summed E-state index contributed by atoms with van der Waals surface area (Å²) in [6, 6.07) is 16.9. The van der Waals surface area contributed by atoms with Crippen molar-refractivity contribution in [2.75, 3.05) is 19.6 Å². The molecule has 8 nitrogen and oxygen atoms in total. The summed E-state index contributed by atoms with van der Waals surface area (Å²) in [5, 5.41) is 10.6. The van der Waals surface area contributed by atoms with Gasteiger partial charge in [0.15, 0.2) is 0 Å². The molecule has 0 spiro atoms. The number of carbonyl (C=O) groups excluding carboxylic acids is 1. The van der Waals surface area contributed by atoms with Gasteiger partial charge in [-0.25, -0.2) is 9.10 Å². The number of hydrogen-bond acceptors (Lipinski definition) is 7. The molecule has 2 aromatic rings. The second-order valence-electron chi connectivity index (χ2n) is 8.95. The van der Waals surface area contributed by atoms with Crippen LogP contribution in [0.25, 0.3) is 0 Å². The van der Waals surface area contributed by atoms with Crippen molar-refractivity contribution < 1.29 is 14.5 Å². The van der Waals surface area contributed by atoms with Crippen molar-refractivity contribution in [1.29, 1.82) is 0 Å². The number of nitro benzene ring substituents is 1. The van der Waals surface area contributed by atoms with E-state index >= 15 is 0 Å². The lowest BCUT2D eigenvalue weighted by Gasteiger charge is -2.22. The highest BCUT2D eigenvalue weighted by molar-refractivity contribution is 7.97. The largest absolute Gasteiger partial charge is 0.444 e. The van der Waals surface area contributed by atoms with Gasteiger partial charge in [-0.3, -0.25) is 10.1 Å². The number of carbonyl (C=O) groups is 1. The summed E-state index contributed by atoms with van der Waals surface area (Å²) in [5.41, 5.74) is 11.3. The third-order valence-corrected chi connectivity index (χ3v) is 4.88. The van der Waals surface area contributed by atoms with Crippen LogP contribution in [0.2, 0.25) is 0 Å². The summed E-state index contributed by atoms with van der Waals surface area (Å²) in [4.78, 5) is 21.2. The minimum atomic E-state index is -0.725. The van der Waals surface area contributed by atoms with Gasteiger partial charge in [0.05, 0.1) is 4.92 Å². The van der Waals surface area contributed by atoms with Crippen molar-refractivity contribution in [3.8, 4) is 0 Å². The number of ether oxygens (including phenoxy) is 1. The maximum absolute atomic E-state index is 10.6. The first-order valence-electron chi connectivity index (χ1n) is 11.2. The molecule has 9 heteroatoms. The number of nitrogens with two attached hydrogens (primary N) is 2. The van der Waals surface area contributed by atoms with E-state index in [4.69, 9.17) is 11.5 Å². The number of hydrogen-bond donors (Lipinski definition) is 2.